The molecule has 1 saturated heterocycles. The van der Waals surface area contributed by atoms with E-state index in [1.807, 2.05) is 12.4 Å². The standard InChI is InChI=1S/C18H21ClN4/c1-12-2-3-15-14(10-12)17-16(18(19)22-15)21-11-23(17)9-6-13-4-7-20-8-5-13/h2-3,10-11,13,20H,4-9H2,1H3. The van der Waals surface area contributed by atoms with Crippen LogP contribution in [0.15, 0.2) is 24.5 Å². The molecule has 3 aromatic rings. The second-order valence-electron chi connectivity index (χ2n) is 6.54. The molecule has 0 aliphatic carbocycles. The summed E-state index contributed by atoms with van der Waals surface area (Å²) in [5, 5.41) is 5.07. The van der Waals surface area contributed by atoms with Gasteiger partial charge in [0, 0.05) is 11.9 Å². The largest absolute Gasteiger partial charge is 0.330 e. The fourth-order valence-corrected chi connectivity index (χ4v) is 3.80. The highest BCUT2D eigenvalue weighted by Gasteiger charge is 2.16. The number of nitrogens with one attached hydrogen (secondary N) is 1. The predicted molar refractivity (Wildman–Crippen MR) is 95.0 cm³/mol. The Labute approximate surface area is 140 Å². The maximum absolute atomic E-state index is 6.34. The Bertz CT molecular complexity index is 849. The highest BCUT2D eigenvalue weighted by atomic mass is 35.5. The molecule has 0 amide bonds. The van der Waals surface area contributed by atoms with Gasteiger partial charge in [-0.05, 0) is 57.3 Å². The lowest BCUT2D eigenvalue weighted by molar-refractivity contribution is 0.339. The fourth-order valence-electron chi connectivity index (χ4n) is 3.57. The Hall–Kier alpha value is -1.65. The van der Waals surface area contributed by atoms with E-state index in [1.165, 1.54) is 24.8 Å². The van der Waals surface area contributed by atoms with Gasteiger partial charge in [-0.3, -0.25) is 0 Å². The Morgan fingerprint density at radius 1 is 1.30 bits per heavy atom. The summed E-state index contributed by atoms with van der Waals surface area (Å²) in [5.41, 5.74) is 4.11. The minimum atomic E-state index is 0.497. The summed E-state index contributed by atoms with van der Waals surface area (Å²) >= 11 is 6.34. The SMILES string of the molecule is Cc1ccc2nc(Cl)c3ncn(CCC4CCNCC4)c3c2c1. The second kappa shape index (κ2) is 6.10. The van der Waals surface area contributed by atoms with Gasteiger partial charge in [-0.1, -0.05) is 23.2 Å². The smallest absolute Gasteiger partial charge is 0.157 e. The van der Waals surface area contributed by atoms with Crippen molar-refractivity contribution >= 4 is 33.5 Å². The van der Waals surface area contributed by atoms with Crippen molar-refractivity contribution in [1.82, 2.24) is 19.9 Å². The summed E-state index contributed by atoms with van der Waals surface area (Å²) in [7, 11) is 0. The molecule has 1 N–H and O–H groups in total. The third-order valence-electron chi connectivity index (χ3n) is 4.90. The van der Waals surface area contributed by atoms with Gasteiger partial charge in [-0.15, -0.1) is 0 Å². The molecule has 1 fully saturated rings. The van der Waals surface area contributed by atoms with Crippen LogP contribution in [0.5, 0.6) is 0 Å². The Morgan fingerprint density at radius 2 is 2.13 bits per heavy atom. The van der Waals surface area contributed by atoms with Gasteiger partial charge in [0.1, 0.15) is 5.52 Å². The average molecular weight is 329 g/mol. The molecule has 1 aromatic carbocycles. The van der Waals surface area contributed by atoms with E-state index in [2.05, 4.69) is 38.9 Å². The van der Waals surface area contributed by atoms with Gasteiger partial charge in [-0.2, -0.15) is 0 Å². The van der Waals surface area contributed by atoms with Gasteiger partial charge >= 0.3 is 0 Å². The third-order valence-corrected chi connectivity index (χ3v) is 5.16. The van der Waals surface area contributed by atoms with Crippen molar-refractivity contribution in [1.29, 1.82) is 0 Å². The van der Waals surface area contributed by atoms with E-state index in [0.717, 1.165) is 47.5 Å². The molecule has 5 heteroatoms. The molecule has 120 valence electrons. The number of benzene rings is 1. The molecular formula is C18H21ClN4. The number of piperidine rings is 1. The van der Waals surface area contributed by atoms with Crippen LogP contribution in [0.1, 0.15) is 24.8 Å². The van der Waals surface area contributed by atoms with Gasteiger partial charge in [0.05, 0.1) is 17.4 Å². The van der Waals surface area contributed by atoms with Crippen molar-refractivity contribution in [3.63, 3.8) is 0 Å². The van der Waals surface area contributed by atoms with Crippen LogP contribution in [-0.2, 0) is 6.54 Å². The molecule has 0 radical (unpaired) electrons. The van der Waals surface area contributed by atoms with E-state index in [4.69, 9.17) is 11.6 Å². The van der Waals surface area contributed by atoms with Crippen LogP contribution in [0.25, 0.3) is 21.9 Å². The summed E-state index contributed by atoms with van der Waals surface area (Å²) in [5.74, 6) is 0.805. The minimum Gasteiger partial charge on any atom is -0.330 e. The van der Waals surface area contributed by atoms with Crippen LogP contribution in [0.3, 0.4) is 0 Å². The molecule has 3 heterocycles. The van der Waals surface area contributed by atoms with E-state index in [1.54, 1.807) is 0 Å². The molecule has 0 saturated carbocycles. The van der Waals surface area contributed by atoms with Crippen molar-refractivity contribution in [2.75, 3.05) is 13.1 Å². The maximum atomic E-state index is 6.34. The number of aromatic nitrogens is 3. The first-order valence-corrected chi connectivity index (χ1v) is 8.71. The quantitative estimate of drug-likeness (QED) is 0.741. The first kappa shape index (κ1) is 14.9. The molecule has 0 bridgehead atoms. The van der Waals surface area contributed by atoms with Gasteiger partial charge in [0.25, 0.3) is 0 Å². The third kappa shape index (κ3) is 2.81. The number of hydrogen-bond acceptors (Lipinski definition) is 3. The maximum Gasteiger partial charge on any atom is 0.157 e. The number of rotatable bonds is 3. The van der Waals surface area contributed by atoms with Gasteiger partial charge < -0.3 is 9.88 Å². The molecule has 0 spiro atoms. The lowest BCUT2D eigenvalue weighted by Crippen LogP contribution is -2.28. The lowest BCUT2D eigenvalue weighted by atomic mass is 9.95. The van der Waals surface area contributed by atoms with Crippen molar-refractivity contribution in [3.8, 4) is 0 Å². The first-order chi connectivity index (χ1) is 11.2. The average Bonchev–Trinajstić information content (AvgIpc) is 3.00. The van der Waals surface area contributed by atoms with Gasteiger partial charge in [-0.25, -0.2) is 9.97 Å². The van der Waals surface area contributed by atoms with Gasteiger partial charge in [0.2, 0.25) is 0 Å². The zero-order valence-corrected chi connectivity index (χ0v) is 14.1. The summed E-state index contributed by atoms with van der Waals surface area (Å²) in [6.45, 7) is 5.39. The van der Waals surface area contributed by atoms with Crippen LogP contribution in [0.2, 0.25) is 5.15 Å². The van der Waals surface area contributed by atoms with Crippen LogP contribution in [0.4, 0.5) is 0 Å². The Balaban J connectivity index is 1.74. The topological polar surface area (TPSA) is 42.7 Å². The lowest BCUT2D eigenvalue weighted by Gasteiger charge is -2.22. The number of fused-ring (bicyclic) bond motifs is 3. The molecule has 4 rings (SSSR count). The van der Waals surface area contributed by atoms with Crippen LogP contribution < -0.4 is 5.32 Å². The van der Waals surface area contributed by atoms with Crippen molar-refractivity contribution in [2.45, 2.75) is 32.7 Å². The van der Waals surface area contributed by atoms with Crippen molar-refractivity contribution < 1.29 is 0 Å². The summed E-state index contributed by atoms with van der Waals surface area (Å²) in [4.78, 5) is 9.01. The van der Waals surface area contributed by atoms with Crippen LogP contribution in [0, 0.1) is 12.8 Å². The first-order valence-electron chi connectivity index (χ1n) is 8.34. The summed E-state index contributed by atoms with van der Waals surface area (Å²) in [6, 6.07) is 6.30. The fraction of sp³-hybridized carbons (Fsp3) is 0.444. The van der Waals surface area contributed by atoms with Gasteiger partial charge in [0.15, 0.2) is 5.15 Å². The molecule has 0 atom stereocenters. The molecule has 0 unspecified atom stereocenters. The van der Waals surface area contributed by atoms with E-state index in [9.17, 15) is 0 Å². The van der Waals surface area contributed by atoms with E-state index in [0.29, 0.717) is 5.15 Å². The number of pyridine rings is 1. The van der Waals surface area contributed by atoms with Crippen LogP contribution >= 0.6 is 11.6 Å². The molecule has 1 aliphatic rings. The second-order valence-corrected chi connectivity index (χ2v) is 6.90. The van der Waals surface area contributed by atoms with Crippen molar-refractivity contribution in [3.05, 3.63) is 35.2 Å². The van der Waals surface area contributed by atoms with E-state index in [-0.39, 0.29) is 0 Å². The highest BCUT2D eigenvalue weighted by Crippen LogP contribution is 2.29. The summed E-state index contributed by atoms with van der Waals surface area (Å²) in [6.07, 6.45) is 5.66. The van der Waals surface area contributed by atoms with Crippen LogP contribution in [-0.4, -0.2) is 27.6 Å². The zero-order chi connectivity index (χ0) is 15.8. The molecule has 4 nitrogen and oxygen atoms in total. The highest BCUT2D eigenvalue weighted by molar-refractivity contribution is 6.35. The normalized spacial score (nSPS) is 16.4. The zero-order valence-electron chi connectivity index (χ0n) is 13.3. The number of imidazole rings is 1. The molecule has 23 heavy (non-hydrogen) atoms. The minimum absolute atomic E-state index is 0.497. The van der Waals surface area contributed by atoms with Crippen molar-refractivity contribution in [2.24, 2.45) is 5.92 Å². The van der Waals surface area contributed by atoms with E-state index >= 15 is 0 Å². The number of hydrogen-bond donors (Lipinski definition) is 1. The Morgan fingerprint density at radius 3 is 2.96 bits per heavy atom. The van der Waals surface area contributed by atoms with E-state index < -0.39 is 0 Å². The number of halogens is 1. The molecule has 1 aliphatic heterocycles. The predicted octanol–water partition coefficient (Wildman–Crippen LogP) is 3.94. The Kier molecular flexibility index (Phi) is 3.95. The number of nitrogens with zero attached hydrogens (tertiary/aromatic N) is 3. The summed E-state index contributed by atoms with van der Waals surface area (Å²) < 4.78 is 2.26. The molecule has 2 aromatic heterocycles. The monoisotopic (exact) mass is 328 g/mol. The number of aryl methyl sites for hydroxylation is 2. The molecular weight excluding hydrogens is 308 g/mol.